The first-order valence-electron chi connectivity index (χ1n) is 9.32. The lowest BCUT2D eigenvalue weighted by atomic mass is 9.96. The number of carbonyl (C=O) groups is 1. The first-order valence-corrected chi connectivity index (χ1v) is 9.32. The minimum atomic E-state index is 0. The van der Waals surface area contributed by atoms with Crippen LogP contribution in [0.1, 0.15) is 37.5 Å². The zero-order chi connectivity index (χ0) is 17.4. The van der Waals surface area contributed by atoms with E-state index in [4.69, 9.17) is 14.9 Å². The summed E-state index contributed by atoms with van der Waals surface area (Å²) in [6, 6.07) is 6.11. The van der Waals surface area contributed by atoms with Crippen molar-refractivity contribution in [2.24, 2.45) is 11.7 Å². The van der Waals surface area contributed by atoms with Crippen LogP contribution in [0.2, 0.25) is 0 Å². The van der Waals surface area contributed by atoms with Crippen LogP contribution >= 0.6 is 12.4 Å². The molecule has 0 radical (unpaired) electrons. The Morgan fingerprint density at radius 2 is 2.15 bits per heavy atom. The van der Waals surface area contributed by atoms with E-state index in [0.29, 0.717) is 12.5 Å². The first kappa shape index (κ1) is 19.1. The van der Waals surface area contributed by atoms with Crippen LogP contribution in [0.3, 0.4) is 0 Å². The third kappa shape index (κ3) is 3.55. The molecule has 2 aliphatic rings. The standard InChI is InChI=1S/C20H26N2O3.ClH/c1-13-8-14(10-21)11-22(13)20(23)12-24-15-6-7-19-17(9-15)16-4-2-3-5-18(16)25-19;/h6-7,9,13-14H,2-5,8,10-12,21H2,1H3;1H. The zero-order valence-electron chi connectivity index (χ0n) is 15.2. The van der Waals surface area contributed by atoms with Crippen LogP contribution in [0, 0.1) is 5.92 Å². The molecule has 1 aromatic heterocycles. The number of hydrogen-bond acceptors (Lipinski definition) is 4. The second-order valence-corrected chi connectivity index (χ2v) is 7.39. The van der Waals surface area contributed by atoms with E-state index < -0.39 is 0 Å². The van der Waals surface area contributed by atoms with Crippen LogP contribution in [-0.2, 0) is 17.6 Å². The number of halogens is 1. The summed E-state index contributed by atoms with van der Waals surface area (Å²) in [5, 5.41) is 1.14. The Labute approximate surface area is 160 Å². The van der Waals surface area contributed by atoms with Crippen molar-refractivity contribution in [2.75, 3.05) is 19.7 Å². The van der Waals surface area contributed by atoms with Gasteiger partial charge in [0.2, 0.25) is 0 Å². The summed E-state index contributed by atoms with van der Waals surface area (Å²) in [4.78, 5) is 14.4. The number of aryl methyl sites for hydroxylation is 2. The molecule has 5 nitrogen and oxygen atoms in total. The Balaban J connectivity index is 0.00000196. The molecule has 0 spiro atoms. The number of nitrogens with zero attached hydrogens (tertiary/aromatic N) is 1. The molecule has 0 saturated carbocycles. The summed E-state index contributed by atoms with van der Waals surface area (Å²) in [5.41, 5.74) is 7.98. The van der Waals surface area contributed by atoms with Crippen molar-refractivity contribution in [3.8, 4) is 5.75 Å². The predicted molar refractivity (Wildman–Crippen MR) is 104 cm³/mol. The Kier molecular flexibility index (Phi) is 5.78. The van der Waals surface area contributed by atoms with Gasteiger partial charge in [-0.3, -0.25) is 4.79 Å². The van der Waals surface area contributed by atoms with E-state index in [0.717, 1.165) is 48.3 Å². The zero-order valence-corrected chi connectivity index (χ0v) is 16.0. The highest BCUT2D eigenvalue weighted by molar-refractivity contribution is 5.85. The Morgan fingerprint density at radius 3 is 2.92 bits per heavy atom. The molecule has 2 heterocycles. The van der Waals surface area contributed by atoms with E-state index in [-0.39, 0.29) is 31.0 Å². The number of nitrogens with two attached hydrogens (primary N) is 1. The Bertz CT molecular complexity index is 789. The van der Waals surface area contributed by atoms with Gasteiger partial charge in [0, 0.05) is 30.0 Å². The molecular formula is C20H27ClN2O3. The third-order valence-corrected chi connectivity index (χ3v) is 5.60. The van der Waals surface area contributed by atoms with Crippen molar-refractivity contribution in [1.82, 2.24) is 4.90 Å². The van der Waals surface area contributed by atoms with Crippen molar-refractivity contribution in [3.05, 3.63) is 29.5 Å². The van der Waals surface area contributed by atoms with Crippen LogP contribution in [0.15, 0.2) is 22.6 Å². The number of amides is 1. The average molecular weight is 379 g/mol. The van der Waals surface area contributed by atoms with E-state index in [9.17, 15) is 4.79 Å². The van der Waals surface area contributed by atoms with Gasteiger partial charge in [0.15, 0.2) is 6.61 Å². The average Bonchev–Trinajstić information content (AvgIpc) is 3.19. The smallest absolute Gasteiger partial charge is 0.260 e. The lowest BCUT2D eigenvalue weighted by molar-refractivity contribution is -0.134. The van der Waals surface area contributed by atoms with Crippen molar-refractivity contribution >= 4 is 29.3 Å². The third-order valence-electron chi connectivity index (χ3n) is 5.60. The van der Waals surface area contributed by atoms with E-state index in [1.54, 1.807) is 0 Å². The maximum absolute atomic E-state index is 12.5. The number of furan rings is 1. The lowest BCUT2D eigenvalue weighted by Crippen LogP contribution is -2.37. The normalized spacial score (nSPS) is 22.2. The van der Waals surface area contributed by atoms with Gasteiger partial charge in [-0.15, -0.1) is 12.4 Å². The topological polar surface area (TPSA) is 68.7 Å². The molecule has 2 unspecified atom stereocenters. The van der Waals surface area contributed by atoms with Crippen LogP contribution in [0.5, 0.6) is 5.75 Å². The summed E-state index contributed by atoms with van der Waals surface area (Å²) < 4.78 is 11.7. The molecule has 2 N–H and O–H groups in total. The molecule has 1 aliphatic heterocycles. The van der Waals surface area contributed by atoms with Gasteiger partial charge in [-0.05, 0) is 63.3 Å². The molecule has 0 bridgehead atoms. The highest BCUT2D eigenvalue weighted by Gasteiger charge is 2.31. The fourth-order valence-corrected chi connectivity index (χ4v) is 4.22. The number of hydrogen-bond donors (Lipinski definition) is 1. The second-order valence-electron chi connectivity index (χ2n) is 7.39. The Morgan fingerprint density at radius 1 is 1.35 bits per heavy atom. The van der Waals surface area contributed by atoms with Crippen LogP contribution in [0.25, 0.3) is 11.0 Å². The fraction of sp³-hybridized carbons (Fsp3) is 0.550. The van der Waals surface area contributed by atoms with Gasteiger partial charge in [-0.2, -0.15) is 0 Å². The monoisotopic (exact) mass is 378 g/mol. The molecule has 1 aliphatic carbocycles. The van der Waals surface area contributed by atoms with Crippen molar-refractivity contribution in [1.29, 1.82) is 0 Å². The van der Waals surface area contributed by atoms with Gasteiger partial charge in [0.05, 0.1) is 0 Å². The molecule has 2 atom stereocenters. The van der Waals surface area contributed by atoms with Gasteiger partial charge in [0.25, 0.3) is 5.91 Å². The molecule has 2 aromatic rings. The summed E-state index contributed by atoms with van der Waals surface area (Å²) >= 11 is 0. The minimum Gasteiger partial charge on any atom is -0.484 e. The summed E-state index contributed by atoms with van der Waals surface area (Å²) in [7, 11) is 0. The quantitative estimate of drug-likeness (QED) is 0.886. The number of carbonyl (C=O) groups excluding carboxylic acids is 1. The highest BCUT2D eigenvalue weighted by atomic mass is 35.5. The van der Waals surface area contributed by atoms with Crippen molar-refractivity contribution in [3.63, 3.8) is 0 Å². The van der Waals surface area contributed by atoms with Crippen LogP contribution in [-0.4, -0.2) is 36.5 Å². The summed E-state index contributed by atoms with van der Waals surface area (Å²) in [6.07, 6.45) is 5.47. The SMILES string of the molecule is CC1CC(CN)CN1C(=O)COc1ccc2oc3c(c2c1)CCCC3.Cl. The summed E-state index contributed by atoms with van der Waals surface area (Å²) in [5.74, 6) is 2.30. The number of likely N-dealkylation sites (tertiary alicyclic amines) is 1. The molecule has 142 valence electrons. The predicted octanol–water partition coefficient (Wildman–Crippen LogP) is 3.31. The maximum Gasteiger partial charge on any atom is 0.260 e. The molecule has 1 fully saturated rings. The highest BCUT2D eigenvalue weighted by Crippen LogP contribution is 2.34. The van der Waals surface area contributed by atoms with Crippen molar-refractivity contribution < 1.29 is 13.9 Å². The van der Waals surface area contributed by atoms with Crippen LogP contribution in [0.4, 0.5) is 0 Å². The van der Waals surface area contributed by atoms with Gasteiger partial charge >= 0.3 is 0 Å². The number of fused-ring (bicyclic) bond motifs is 3. The largest absolute Gasteiger partial charge is 0.484 e. The maximum atomic E-state index is 12.5. The molecule has 1 saturated heterocycles. The number of ether oxygens (including phenoxy) is 1. The fourth-order valence-electron chi connectivity index (χ4n) is 4.22. The number of benzene rings is 1. The molecular weight excluding hydrogens is 352 g/mol. The van der Waals surface area contributed by atoms with Crippen molar-refractivity contribution in [2.45, 2.75) is 45.1 Å². The number of rotatable bonds is 4. The van der Waals surface area contributed by atoms with Crippen LogP contribution < -0.4 is 10.5 Å². The Hall–Kier alpha value is -1.72. The van der Waals surface area contributed by atoms with Gasteiger partial charge in [0.1, 0.15) is 17.1 Å². The molecule has 4 rings (SSSR count). The second kappa shape index (κ2) is 7.89. The van der Waals surface area contributed by atoms with Gasteiger partial charge in [-0.25, -0.2) is 0 Å². The summed E-state index contributed by atoms with van der Waals surface area (Å²) in [6.45, 7) is 3.54. The lowest BCUT2D eigenvalue weighted by Gasteiger charge is -2.21. The molecule has 1 amide bonds. The van der Waals surface area contributed by atoms with E-state index in [2.05, 4.69) is 6.92 Å². The molecule has 1 aromatic carbocycles. The first-order chi connectivity index (χ1) is 12.2. The van der Waals surface area contributed by atoms with Gasteiger partial charge < -0.3 is 19.8 Å². The van der Waals surface area contributed by atoms with E-state index in [1.165, 1.54) is 18.4 Å². The minimum absolute atomic E-state index is 0. The van der Waals surface area contributed by atoms with E-state index in [1.807, 2.05) is 23.1 Å². The molecule has 26 heavy (non-hydrogen) atoms. The van der Waals surface area contributed by atoms with Gasteiger partial charge in [-0.1, -0.05) is 0 Å². The molecule has 6 heteroatoms. The van der Waals surface area contributed by atoms with E-state index >= 15 is 0 Å².